The lowest BCUT2D eigenvalue weighted by Crippen LogP contribution is -2.47. The van der Waals surface area contributed by atoms with E-state index in [9.17, 15) is 9.59 Å². The van der Waals surface area contributed by atoms with E-state index >= 15 is 0 Å². The van der Waals surface area contributed by atoms with Gasteiger partial charge in [0.2, 0.25) is 0 Å². The van der Waals surface area contributed by atoms with Crippen molar-refractivity contribution in [3.05, 3.63) is 35.9 Å². The Kier molecular flexibility index (Phi) is 7.36. The fourth-order valence-electron chi connectivity index (χ4n) is 2.12. The van der Waals surface area contributed by atoms with Crippen molar-refractivity contribution in [2.45, 2.75) is 70.9 Å². The molecule has 2 atom stereocenters. The number of hydrogen-bond donors (Lipinski definition) is 0. The second-order valence-corrected chi connectivity index (χ2v) is 12.4. The van der Waals surface area contributed by atoms with E-state index in [0.717, 1.165) is 6.29 Å². The predicted molar refractivity (Wildman–Crippen MR) is 98.7 cm³/mol. The van der Waals surface area contributed by atoms with Crippen LogP contribution in [0.25, 0.3) is 0 Å². The van der Waals surface area contributed by atoms with Crippen LogP contribution in [-0.4, -0.2) is 32.8 Å². The summed E-state index contributed by atoms with van der Waals surface area (Å²) in [5.41, 5.74) is 0.508. The van der Waals surface area contributed by atoms with Gasteiger partial charge in [-0.2, -0.15) is 0 Å². The minimum absolute atomic E-state index is 0.0694. The average molecular weight is 351 g/mol. The van der Waals surface area contributed by atoms with Gasteiger partial charge in [-0.1, -0.05) is 39.0 Å². The normalized spacial score (nSPS) is 14.8. The molecule has 0 spiro atoms. The van der Waals surface area contributed by atoms with Gasteiger partial charge < -0.3 is 14.0 Å². The molecule has 24 heavy (non-hydrogen) atoms. The number of ether oxygens (including phenoxy) is 1. The fraction of sp³-hybridized carbons (Fsp3) is 0.579. The number of aldehydes is 1. The van der Waals surface area contributed by atoms with E-state index < -0.39 is 14.4 Å². The van der Waals surface area contributed by atoms with Crippen LogP contribution in [0.4, 0.5) is 0 Å². The zero-order valence-electron chi connectivity index (χ0n) is 15.7. The van der Waals surface area contributed by atoms with Crippen molar-refractivity contribution in [1.29, 1.82) is 0 Å². The van der Waals surface area contributed by atoms with E-state index in [1.807, 2.05) is 13.0 Å². The second kappa shape index (κ2) is 8.58. The first-order valence-corrected chi connectivity index (χ1v) is 11.4. The number of hydrogen-bond acceptors (Lipinski definition) is 4. The van der Waals surface area contributed by atoms with Gasteiger partial charge in [0.25, 0.3) is 0 Å². The summed E-state index contributed by atoms with van der Waals surface area (Å²) in [6.45, 7) is 12.8. The molecule has 0 heterocycles. The standard InChI is InChI=1S/C19H30O4Si/c1-15(23-24(5,6)19(2,3)4)17(13-10-14-20)22-18(21)16-11-8-7-9-12-16/h7-9,11-12,14-15,17H,10,13H2,1-6H3/t15-,17+/m0/s1. The van der Waals surface area contributed by atoms with Crippen LogP contribution in [0, 0.1) is 0 Å². The Morgan fingerprint density at radius 3 is 2.29 bits per heavy atom. The Morgan fingerprint density at radius 2 is 1.79 bits per heavy atom. The van der Waals surface area contributed by atoms with Gasteiger partial charge in [-0.3, -0.25) is 0 Å². The number of esters is 1. The van der Waals surface area contributed by atoms with Gasteiger partial charge in [-0.25, -0.2) is 4.79 Å². The molecule has 0 amide bonds. The van der Waals surface area contributed by atoms with Crippen LogP contribution in [0.3, 0.4) is 0 Å². The van der Waals surface area contributed by atoms with Gasteiger partial charge in [0.15, 0.2) is 8.32 Å². The highest BCUT2D eigenvalue weighted by molar-refractivity contribution is 6.74. The Morgan fingerprint density at radius 1 is 1.21 bits per heavy atom. The molecule has 0 bridgehead atoms. The van der Waals surface area contributed by atoms with Crippen LogP contribution in [0.1, 0.15) is 50.9 Å². The van der Waals surface area contributed by atoms with Crippen molar-refractivity contribution in [2.24, 2.45) is 0 Å². The highest BCUT2D eigenvalue weighted by Gasteiger charge is 2.40. The minimum Gasteiger partial charge on any atom is -0.456 e. The molecule has 134 valence electrons. The summed E-state index contributed by atoms with van der Waals surface area (Å²) in [6, 6.07) is 8.89. The fourth-order valence-corrected chi connectivity index (χ4v) is 3.55. The van der Waals surface area contributed by atoms with E-state index in [0.29, 0.717) is 18.4 Å². The third kappa shape index (κ3) is 5.87. The van der Waals surface area contributed by atoms with Gasteiger partial charge in [0, 0.05) is 6.42 Å². The molecule has 0 N–H and O–H groups in total. The third-order valence-corrected chi connectivity index (χ3v) is 9.22. The minimum atomic E-state index is -1.98. The van der Waals surface area contributed by atoms with Gasteiger partial charge in [0.1, 0.15) is 12.4 Å². The van der Waals surface area contributed by atoms with Crippen LogP contribution >= 0.6 is 0 Å². The molecule has 1 rings (SSSR count). The number of benzene rings is 1. The van der Waals surface area contributed by atoms with E-state index in [1.165, 1.54) is 0 Å². The molecule has 0 aliphatic rings. The van der Waals surface area contributed by atoms with Crippen molar-refractivity contribution < 1.29 is 18.8 Å². The van der Waals surface area contributed by atoms with Gasteiger partial charge >= 0.3 is 5.97 Å². The Hall–Kier alpha value is -1.46. The van der Waals surface area contributed by atoms with Crippen molar-refractivity contribution in [1.82, 2.24) is 0 Å². The van der Waals surface area contributed by atoms with Crippen molar-refractivity contribution in [2.75, 3.05) is 0 Å². The smallest absolute Gasteiger partial charge is 0.338 e. The van der Waals surface area contributed by atoms with Gasteiger partial charge in [-0.15, -0.1) is 0 Å². The number of carbonyl (C=O) groups excluding carboxylic acids is 2. The third-order valence-electron chi connectivity index (χ3n) is 4.65. The molecule has 4 nitrogen and oxygen atoms in total. The van der Waals surface area contributed by atoms with Crippen molar-refractivity contribution in [3.8, 4) is 0 Å². The van der Waals surface area contributed by atoms with Crippen LogP contribution in [0.15, 0.2) is 30.3 Å². The lowest BCUT2D eigenvalue weighted by atomic mass is 10.1. The monoisotopic (exact) mass is 350 g/mol. The van der Waals surface area contributed by atoms with Crippen LogP contribution in [0.2, 0.25) is 18.1 Å². The molecule has 0 radical (unpaired) electrons. The summed E-state index contributed by atoms with van der Waals surface area (Å²) < 4.78 is 12.0. The zero-order chi connectivity index (χ0) is 18.4. The van der Waals surface area contributed by atoms with Crippen LogP contribution in [0.5, 0.6) is 0 Å². The van der Waals surface area contributed by atoms with Gasteiger partial charge in [-0.05, 0) is 43.6 Å². The first-order chi connectivity index (χ1) is 11.1. The Bertz CT molecular complexity index is 534. The maximum Gasteiger partial charge on any atom is 0.338 e. The molecule has 5 heteroatoms. The highest BCUT2D eigenvalue weighted by atomic mass is 28.4. The molecule has 0 saturated heterocycles. The highest BCUT2D eigenvalue weighted by Crippen LogP contribution is 2.38. The molecule has 1 aromatic rings. The molecule has 0 saturated carbocycles. The van der Waals surface area contributed by atoms with Crippen molar-refractivity contribution in [3.63, 3.8) is 0 Å². The Labute approximate surface area is 146 Å². The first-order valence-electron chi connectivity index (χ1n) is 8.46. The summed E-state index contributed by atoms with van der Waals surface area (Å²) in [7, 11) is -1.98. The molecule has 0 aliphatic carbocycles. The van der Waals surface area contributed by atoms with Crippen molar-refractivity contribution >= 4 is 20.6 Å². The lowest BCUT2D eigenvalue weighted by molar-refractivity contribution is -0.108. The summed E-state index contributed by atoms with van der Waals surface area (Å²) in [5, 5.41) is 0.0694. The molecule has 0 fully saturated rings. The maximum absolute atomic E-state index is 12.3. The summed E-state index contributed by atoms with van der Waals surface area (Å²) in [5.74, 6) is -0.378. The second-order valence-electron chi connectivity index (χ2n) is 7.64. The van der Waals surface area contributed by atoms with Crippen LogP contribution in [-0.2, 0) is 14.0 Å². The molecular formula is C19H30O4Si. The molecule has 0 aliphatic heterocycles. The molecule has 0 unspecified atom stereocenters. The maximum atomic E-state index is 12.3. The molecular weight excluding hydrogens is 320 g/mol. The summed E-state index contributed by atoms with van der Waals surface area (Å²) >= 11 is 0. The van der Waals surface area contributed by atoms with E-state index in [4.69, 9.17) is 9.16 Å². The average Bonchev–Trinajstić information content (AvgIpc) is 2.50. The molecule has 0 aromatic heterocycles. The zero-order valence-corrected chi connectivity index (χ0v) is 16.7. The van der Waals surface area contributed by atoms with E-state index in [-0.39, 0.29) is 17.1 Å². The Balaban J connectivity index is 2.84. The quantitative estimate of drug-likeness (QED) is 0.390. The predicted octanol–water partition coefficient (Wildman–Crippen LogP) is 4.60. The summed E-state index contributed by atoms with van der Waals surface area (Å²) in [4.78, 5) is 23.1. The number of carbonyl (C=O) groups is 2. The largest absolute Gasteiger partial charge is 0.456 e. The van der Waals surface area contributed by atoms with E-state index in [2.05, 4.69) is 33.9 Å². The number of rotatable bonds is 8. The van der Waals surface area contributed by atoms with Gasteiger partial charge in [0.05, 0.1) is 11.7 Å². The lowest BCUT2D eigenvalue weighted by Gasteiger charge is -2.40. The topological polar surface area (TPSA) is 52.6 Å². The summed E-state index contributed by atoms with van der Waals surface area (Å²) in [6.07, 6.45) is 0.980. The van der Waals surface area contributed by atoms with E-state index in [1.54, 1.807) is 24.3 Å². The SMILES string of the molecule is C[C@H](O[Si](C)(C)C(C)(C)C)[C@@H](CCC=O)OC(=O)c1ccccc1. The van der Waals surface area contributed by atoms with Crippen LogP contribution < -0.4 is 0 Å². The molecule has 1 aromatic carbocycles. The first kappa shape index (κ1) is 20.6.